The molecule has 3 aromatic carbocycles. The van der Waals surface area contributed by atoms with E-state index in [1.165, 1.54) is 22.1 Å². The lowest BCUT2D eigenvalue weighted by Gasteiger charge is -2.55. The number of ether oxygens (including phenoxy) is 1. The van der Waals surface area contributed by atoms with Gasteiger partial charge in [0.2, 0.25) is 17.7 Å². The van der Waals surface area contributed by atoms with Crippen molar-refractivity contribution in [1.82, 2.24) is 5.23 Å². The number of methoxy groups -OCH3 is 1. The molecule has 218 valence electrons. The number of benzene rings is 3. The molecule has 3 aromatic rings. The number of carbonyl (C=O) groups is 4. The zero-order valence-corrected chi connectivity index (χ0v) is 23.3. The van der Waals surface area contributed by atoms with Crippen LogP contribution in [-0.2, 0) is 33.6 Å². The number of hydrogen-bond acceptors (Lipinski definition) is 8. The van der Waals surface area contributed by atoms with E-state index in [1.54, 1.807) is 48.5 Å². The Hall–Kier alpha value is -4.22. The van der Waals surface area contributed by atoms with Crippen LogP contribution >= 0.6 is 0 Å². The van der Waals surface area contributed by atoms with Crippen molar-refractivity contribution in [3.05, 3.63) is 96.6 Å². The number of para-hydroxylation sites is 2. The zero-order valence-electron chi connectivity index (χ0n) is 23.3. The van der Waals surface area contributed by atoms with Gasteiger partial charge < -0.3 is 4.74 Å². The van der Waals surface area contributed by atoms with Gasteiger partial charge in [-0.3, -0.25) is 28.9 Å². The van der Waals surface area contributed by atoms with Gasteiger partial charge in [-0.25, -0.2) is 9.74 Å². The van der Waals surface area contributed by atoms with Gasteiger partial charge in [0, 0.05) is 25.4 Å². The highest BCUT2D eigenvalue weighted by Crippen LogP contribution is 2.60. The van der Waals surface area contributed by atoms with Crippen LogP contribution in [0.15, 0.2) is 91.0 Å². The Labute approximate surface area is 247 Å². The minimum atomic E-state index is -1.33. The van der Waals surface area contributed by atoms with Crippen molar-refractivity contribution in [2.75, 3.05) is 16.9 Å². The van der Waals surface area contributed by atoms with Crippen molar-refractivity contribution in [3.8, 4) is 0 Å². The highest BCUT2D eigenvalue weighted by atomic mass is 17.0. The third-order valence-electron chi connectivity index (χ3n) is 9.87. The maximum atomic E-state index is 14.0. The van der Waals surface area contributed by atoms with Crippen molar-refractivity contribution in [3.63, 3.8) is 0 Å². The first-order valence-electron chi connectivity index (χ1n) is 14.5. The van der Waals surface area contributed by atoms with Crippen LogP contribution in [0.5, 0.6) is 0 Å². The molecule has 0 radical (unpaired) electrons. The van der Waals surface area contributed by atoms with E-state index in [9.17, 15) is 19.2 Å². The summed E-state index contributed by atoms with van der Waals surface area (Å²) in [5, 5.41) is 1.28. The van der Waals surface area contributed by atoms with E-state index in [4.69, 9.17) is 14.4 Å². The average molecular weight is 580 g/mol. The van der Waals surface area contributed by atoms with Crippen molar-refractivity contribution < 1.29 is 33.6 Å². The molecule has 10 heteroatoms. The molecule has 0 bridgehead atoms. The fourth-order valence-electron chi connectivity index (χ4n) is 8.00. The molecule has 0 aromatic heterocycles. The fourth-order valence-corrected chi connectivity index (χ4v) is 8.00. The first kappa shape index (κ1) is 26.4. The Kier molecular flexibility index (Phi) is 5.93. The second kappa shape index (κ2) is 9.65. The molecule has 8 rings (SSSR count). The second-order valence-corrected chi connectivity index (χ2v) is 11.8. The Morgan fingerprint density at radius 1 is 0.698 bits per heavy atom. The van der Waals surface area contributed by atoms with Crippen LogP contribution in [0, 0.1) is 23.7 Å². The van der Waals surface area contributed by atoms with Crippen LogP contribution in [0.1, 0.15) is 24.3 Å². The second-order valence-electron chi connectivity index (χ2n) is 11.8. The van der Waals surface area contributed by atoms with Gasteiger partial charge in [0.1, 0.15) is 0 Å². The normalized spacial score (nSPS) is 35.1. The van der Waals surface area contributed by atoms with E-state index in [1.807, 2.05) is 42.5 Å². The van der Waals surface area contributed by atoms with Crippen molar-refractivity contribution in [1.29, 1.82) is 0 Å². The molecule has 10 nitrogen and oxygen atoms in total. The summed E-state index contributed by atoms with van der Waals surface area (Å²) in [4.78, 5) is 70.4. The number of amides is 4. The number of carbonyl (C=O) groups excluding carboxylic acids is 4. The van der Waals surface area contributed by atoms with Crippen molar-refractivity contribution in [2.45, 2.75) is 36.7 Å². The lowest BCUT2D eigenvalue weighted by atomic mass is 9.62. The number of fused-ring (bicyclic) bond motifs is 5. The molecule has 4 amide bonds. The van der Waals surface area contributed by atoms with Gasteiger partial charge in [-0.2, -0.15) is 0 Å². The smallest absolute Gasteiger partial charge is 0.266 e. The van der Waals surface area contributed by atoms with Gasteiger partial charge in [-0.05, 0) is 36.2 Å². The van der Waals surface area contributed by atoms with Gasteiger partial charge >= 0.3 is 0 Å². The first-order valence-corrected chi connectivity index (χ1v) is 14.5. The standard InChI is InChI=1S/C33H29N3O7/c1-41-33-18-23-22(29(37)34(30(23)38)20-13-7-3-8-14-20)17-24(33)25(19-11-5-2-6-12-19)27-26-28(42-36(27)43-33)32(40)35(31(26)39)21-15-9-4-10-16-21/h2-16,22-28H,17-18H2,1H3/t22-,23+,24-,25-,26+,27-,28-,33-/m1/s1. The Morgan fingerprint density at radius 3 is 1.86 bits per heavy atom. The van der Waals surface area contributed by atoms with Crippen molar-refractivity contribution >= 4 is 35.0 Å². The highest BCUT2D eigenvalue weighted by Gasteiger charge is 2.71. The van der Waals surface area contributed by atoms with Gasteiger partial charge in [0.25, 0.3) is 5.91 Å². The molecule has 0 spiro atoms. The summed E-state index contributed by atoms with van der Waals surface area (Å²) in [7, 11) is 1.52. The minimum absolute atomic E-state index is 0.121. The third kappa shape index (κ3) is 3.67. The molecule has 1 saturated carbocycles. The Bertz CT molecular complexity index is 1620. The highest BCUT2D eigenvalue weighted by molar-refractivity contribution is 6.24. The minimum Gasteiger partial charge on any atom is -0.351 e. The molecule has 4 saturated heterocycles. The molecule has 0 N–H and O–H groups in total. The average Bonchev–Trinajstić information content (AvgIpc) is 3.62. The SMILES string of the molecule is CO[C@@]12C[C@@H]3C(=O)N(c4ccccc4)C(=O)[C@@H]3C[C@@H]1[C@@H](c1ccccc1)[C@@H]1[C@@H]3C(=O)N(c4ccccc4)C(=O)[C@@H]3ON1O2. The molecule has 43 heavy (non-hydrogen) atoms. The summed E-state index contributed by atoms with van der Waals surface area (Å²) in [6.45, 7) is 0. The summed E-state index contributed by atoms with van der Waals surface area (Å²) < 4.78 is 6.14. The summed E-state index contributed by atoms with van der Waals surface area (Å²) in [5.74, 6) is -5.60. The van der Waals surface area contributed by atoms with E-state index in [0.717, 1.165) is 5.56 Å². The quantitative estimate of drug-likeness (QED) is 0.433. The number of hydroxylamine groups is 2. The van der Waals surface area contributed by atoms with E-state index >= 15 is 0 Å². The maximum Gasteiger partial charge on any atom is 0.266 e. The molecule has 5 aliphatic rings. The number of nitrogens with zero attached hydrogens (tertiary/aromatic N) is 3. The lowest BCUT2D eigenvalue weighted by Crippen LogP contribution is -2.63. The molecule has 8 atom stereocenters. The molecule has 4 heterocycles. The molecule has 1 aliphatic carbocycles. The predicted octanol–water partition coefficient (Wildman–Crippen LogP) is 3.45. The lowest BCUT2D eigenvalue weighted by molar-refractivity contribution is -0.491. The van der Waals surface area contributed by atoms with Crippen molar-refractivity contribution in [2.24, 2.45) is 23.7 Å². The number of hydrogen-bond donors (Lipinski definition) is 0. The van der Waals surface area contributed by atoms with E-state index in [2.05, 4.69) is 0 Å². The predicted molar refractivity (Wildman–Crippen MR) is 152 cm³/mol. The van der Waals surface area contributed by atoms with Crippen LogP contribution in [-0.4, -0.2) is 53.9 Å². The summed E-state index contributed by atoms with van der Waals surface area (Å²) in [5.41, 5.74) is 1.92. The topological polar surface area (TPSA) is 106 Å². The molecule has 0 unspecified atom stereocenters. The van der Waals surface area contributed by atoms with E-state index in [-0.39, 0.29) is 24.1 Å². The monoisotopic (exact) mass is 579 g/mol. The van der Waals surface area contributed by atoms with Gasteiger partial charge in [0.15, 0.2) is 11.9 Å². The van der Waals surface area contributed by atoms with Crippen LogP contribution in [0.2, 0.25) is 0 Å². The largest absolute Gasteiger partial charge is 0.351 e. The molecule has 4 aliphatic heterocycles. The van der Waals surface area contributed by atoms with Gasteiger partial charge in [0.05, 0.1) is 35.2 Å². The number of anilines is 2. The summed E-state index contributed by atoms with van der Waals surface area (Å²) in [6.07, 6.45) is -0.650. The molecular formula is C33H29N3O7. The zero-order chi connectivity index (χ0) is 29.5. The van der Waals surface area contributed by atoms with Crippen LogP contribution in [0.25, 0.3) is 0 Å². The van der Waals surface area contributed by atoms with E-state index in [0.29, 0.717) is 17.8 Å². The summed E-state index contributed by atoms with van der Waals surface area (Å²) in [6, 6.07) is 26.8. The number of rotatable bonds is 4. The molecule has 5 fully saturated rings. The van der Waals surface area contributed by atoms with Crippen LogP contribution < -0.4 is 9.80 Å². The molecular weight excluding hydrogens is 550 g/mol. The fraction of sp³-hybridized carbons (Fsp3) is 0.333. The first-order chi connectivity index (χ1) is 20.9. The number of imide groups is 2. The van der Waals surface area contributed by atoms with Crippen LogP contribution in [0.4, 0.5) is 11.4 Å². The van der Waals surface area contributed by atoms with Crippen LogP contribution in [0.3, 0.4) is 0 Å². The Morgan fingerprint density at radius 2 is 1.26 bits per heavy atom. The van der Waals surface area contributed by atoms with E-state index < -0.39 is 53.4 Å². The van der Waals surface area contributed by atoms with Gasteiger partial charge in [-0.1, -0.05) is 72.0 Å². The Balaban J connectivity index is 1.21. The maximum absolute atomic E-state index is 14.0. The third-order valence-corrected chi connectivity index (χ3v) is 9.87. The van der Waals surface area contributed by atoms with Gasteiger partial charge in [-0.15, -0.1) is 0 Å². The summed E-state index contributed by atoms with van der Waals surface area (Å²) >= 11 is 0.